The van der Waals surface area contributed by atoms with Crippen molar-refractivity contribution in [3.8, 4) is 0 Å². The van der Waals surface area contributed by atoms with Crippen LogP contribution >= 0.6 is 0 Å². The lowest BCUT2D eigenvalue weighted by Crippen LogP contribution is -2.48. The Morgan fingerprint density at radius 3 is 2.38 bits per heavy atom. The molecule has 1 saturated heterocycles. The van der Waals surface area contributed by atoms with E-state index in [9.17, 15) is 4.79 Å². The molecule has 3 aliphatic rings. The van der Waals surface area contributed by atoms with Gasteiger partial charge in [0, 0.05) is 51.1 Å². The Morgan fingerprint density at radius 2 is 1.81 bits per heavy atom. The molecule has 0 aromatic heterocycles. The van der Waals surface area contributed by atoms with Crippen LogP contribution in [0.4, 0.5) is 0 Å². The summed E-state index contributed by atoms with van der Waals surface area (Å²) in [4.78, 5) is 16.7. The average molecular weight is 222 g/mol. The van der Waals surface area contributed by atoms with E-state index >= 15 is 0 Å². The maximum absolute atomic E-state index is 11.6. The van der Waals surface area contributed by atoms with Gasteiger partial charge in [-0.1, -0.05) is 0 Å². The maximum atomic E-state index is 11.6. The van der Waals surface area contributed by atoms with Crippen LogP contribution < -0.4 is 0 Å². The number of carbonyl (C=O) groups is 1. The minimum absolute atomic E-state index is 0.368. The third-order valence-electron chi connectivity index (χ3n) is 4.38. The van der Waals surface area contributed by atoms with Gasteiger partial charge in [-0.05, 0) is 25.7 Å². The Kier molecular flexibility index (Phi) is 2.99. The van der Waals surface area contributed by atoms with Crippen LogP contribution in [0, 0.1) is 5.92 Å². The first-order valence-electron chi connectivity index (χ1n) is 6.82. The van der Waals surface area contributed by atoms with Gasteiger partial charge in [0.1, 0.15) is 5.78 Å². The molecular weight excluding hydrogens is 200 g/mol. The van der Waals surface area contributed by atoms with Crippen molar-refractivity contribution in [2.24, 2.45) is 5.92 Å². The molecule has 0 aromatic carbocycles. The van der Waals surface area contributed by atoms with Crippen LogP contribution in [0.1, 0.15) is 32.1 Å². The molecule has 1 aliphatic heterocycles. The highest BCUT2D eigenvalue weighted by molar-refractivity contribution is 5.83. The van der Waals surface area contributed by atoms with E-state index in [4.69, 9.17) is 0 Å². The van der Waals surface area contributed by atoms with Gasteiger partial charge in [-0.15, -0.1) is 0 Å². The molecule has 0 aromatic rings. The van der Waals surface area contributed by atoms with E-state index in [-0.39, 0.29) is 0 Å². The molecule has 3 heteroatoms. The molecule has 2 aliphatic carbocycles. The normalized spacial score (nSPS) is 33.5. The molecule has 0 amide bonds. The van der Waals surface area contributed by atoms with Crippen molar-refractivity contribution in [2.75, 3.05) is 32.7 Å². The molecule has 0 N–H and O–H groups in total. The van der Waals surface area contributed by atoms with Gasteiger partial charge < -0.3 is 4.90 Å². The Bertz CT molecular complexity index is 267. The summed E-state index contributed by atoms with van der Waals surface area (Å²) in [5.74, 6) is 0.886. The second kappa shape index (κ2) is 4.46. The summed E-state index contributed by atoms with van der Waals surface area (Å²) in [7, 11) is 0. The van der Waals surface area contributed by atoms with Gasteiger partial charge in [0.2, 0.25) is 0 Å². The predicted octanol–water partition coefficient (Wildman–Crippen LogP) is 1.14. The fourth-order valence-electron chi connectivity index (χ4n) is 3.14. The second-order valence-electron chi connectivity index (χ2n) is 5.62. The standard InChI is InChI=1S/C13H22N2O/c16-13-3-1-2-11(13)10-14-6-8-15(9-7-14)12-4-5-12/h11-12H,1-10H2. The van der Waals surface area contributed by atoms with Crippen LogP contribution in [-0.4, -0.2) is 54.3 Å². The van der Waals surface area contributed by atoms with E-state index in [1.165, 1.54) is 39.0 Å². The van der Waals surface area contributed by atoms with Crippen LogP contribution in [-0.2, 0) is 4.79 Å². The van der Waals surface area contributed by atoms with Gasteiger partial charge in [-0.25, -0.2) is 0 Å². The predicted molar refractivity (Wildman–Crippen MR) is 63.4 cm³/mol. The Labute approximate surface area is 97.8 Å². The second-order valence-corrected chi connectivity index (χ2v) is 5.62. The molecule has 0 bridgehead atoms. The number of rotatable bonds is 3. The highest BCUT2D eigenvalue weighted by atomic mass is 16.1. The van der Waals surface area contributed by atoms with E-state index in [1.54, 1.807) is 0 Å². The van der Waals surface area contributed by atoms with Crippen molar-refractivity contribution < 1.29 is 4.79 Å². The molecule has 16 heavy (non-hydrogen) atoms. The van der Waals surface area contributed by atoms with Crippen molar-refractivity contribution >= 4 is 5.78 Å². The van der Waals surface area contributed by atoms with E-state index in [0.717, 1.165) is 31.8 Å². The molecule has 3 nitrogen and oxygen atoms in total. The minimum Gasteiger partial charge on any atom is -0.300 e. The van der Waals surface area contributed by atoms with Crippen LogP contribution in [0.15, 0.2) is 0 Å². The molecule has 1 unspecified atom stereocenters. The van der Waals surface area contributed by atoms with Crippen LogP contribution in [0.5, 0.6) is 0 Å². The fraction of sp³-hybridized carbons (Fsp3) is 0.923. The van der Waals surface area contributed by atoms with E-state index in [2.05, 4.69) is 9.80 Å². The number of Topliss-reactive ketones (excluding diaryl/α,β-unsaturated/α-hetero) is 1. The highest BCUT2D eigenvalue weighted by Crippen LogP contribution is 2.28. The Balaban J connectivity index is 1.44. The van der Waals surface area contributed by atoms with E-state index < -0.39 is 0 Å². The lowest BCUT2D eigenvalue weighted by atomic mass is 10.1. The molecule has 1 heterocycles. The van der Waals surface area contributed by atoms with Crippen LogP contribution in [0.2, 0.25) is 0 Å². The summed E-state index contributed by atoms with van der Waals surface area (Å²) in [5.41, 5.74) is 0. The molecule has 3 rings (SSSR count). The zero-order valence-corrected chi connectivity index (χ0v) is 10.0. The van der Waals surface area contributed by atoms with Crippen molar-refractivity contribution in [3.63, 3.8) is 0 Å². The lowest BCUT2D eigenvalue weighted by molar-refractivity contribution is -0.121. The van der Waals surface area contributed by atoms with Crippen LogP contribution in [0.25, 0.3) is 0 Å². The van der Waals surface area contributed by atoms with Crippen LogP contribution in [0.3, 0.4) is 0 Å². The third kappa shape index (κ3) is 2.30. The average Bonchev–Trinajstić information content (AvgIpc) is 3.07. The summed E-state index contributed by atoms with van der Waals surface area (Å²) >= 11 is 0. The highest BCUT2D eigenvalue weighted by Gasteiger charge is 2.32. The Hall–Kier alpha value is -0.410. The molecule has 90 valence electrons. The largest absolute Gasteiger partial charge is 0.300 e. The molecule has 3 fully saturated rings. The van der Waals surface area contributed by atoms with Gasteiger partial charge >= 0.3 is 0 Å². The van der Waals surface area contributed by atoms with Gasteiger partial charge in [-0.3, -0.25) is 9.69 Å². The third-order valence-corrected chi connectivity index (χ3v) is 4.38. The number of hydrogen-bond donors (Lipinski definition) is 0. The molecule has 2 saturated carbocycles. The zero-order valence-electron chi connectivity index (χ0n) is 10.0. The maximum Gasteiger partial charge on any atom is 0.137 e. The van der Waals surface area contributed by atoms with E-state index in [0.29, 0.717) is 11.7 Å². The first-order valence-corrected chi connectivity index (χ1v) is 6.82. The van der Waals surface area contributed by atoms with Gasteiger partial charge in [-0.2, -0.15) is 0 Å². The topological polar surface area (TPSA) is 23.6 Å². The Morgan fingerprint density at radius 1 is 1.06 bits per heavy atom. The summed E-state index contributed by atoms with van der Waals surface area (Å²) in [6.07, 6.45) is 5.95. The number of nitrogens with zero attached hydrogens (tertiary/aromatic N) is 2. The molecule has 0 spiro atoms. The first kappa shape index (κ1) is 10.7. The number of piperazine rings is 1. The number of hydrogen-bond acceptors (Lipinski definition) is 3. The smallest absolute Gasteiger partial charge is 0.137 e. The molecule has 1 atom stereocenters. The summed E-state index contributed by atoms with van der Waals surface area (Å²) in [5, 5.41) is 0. The summed E-state index contributed by atoms with van der Waals surface area (Å²) < 4.78 is 0. The molecular formula is C13H22N2O. The van der Waals surface area contributed by atoms with Crippen molar-refractivity contribution in [1.82, 2.24) is 9.80 Å². The summed E-state index contributed by atoms with van der Waals surface area (Å²) in [6.45, 7) is 5.86. The minimum atomic E-state index is 0.368. The molecule has 0 radical (unpaired) electrons. The number of ketones is 1. The van der Waals surface area contributed by atoms with Gasteiger partial charge in [0.25, 0.3) is 0 Å². The van der Waals surface area contributed by atoms with Crippen molar-refractivity contribution in [2.45, 2.75) is 38.1 Å². The fourth-order valence-corrected chi connectivity index (χ4v) is 3.14. The summed E-state index contributed by atoms with van der Waals surface area (Å²) in [6, 6.07) is 0.912. The SMILES string of the molecule is O=C1CCCC1CN1CCN(C2CC2)CC1. The quantitative estimate of drug-likeness (QED) is 0.715. The van der Waals surface area contributed by atoms with Crippen molar-refractivity contribution in [1.29, 1.82) is 0 Å². The zero-order chi connectivity index (χ0) is 11.0. The first-order chi connectivity index (χ1) is 7.83. The lowest BCUT2D eigenvalue weighted by Gasteiger charge is -2.35. The number of carbonyl (C=O) groups excluding carboxylic acids is 1. The van der Waals surface area contributed by atoms with Gasteiger partial charge in [0.15, 0.2) is 0 Å². The monoisotopic (exact) mass is 222 g/mol. The van der Waals surface area contributed by atoms with E-state index in [1.807, 2.05) is 0 Å². The van der Waals surface area contributed by atoms with Gasteiger partial charge in [0.05, 0.1) is 0 Å². The van der Waals surface area contributed by atoms with Crippen molar-refractivity contribution in [3.05, 3.63) is 0 Å².